The average Bonchev–Trinajstić information content (AvgIpc) is 2.89. The van der Waals surface area contributed by atoms with Crippen LogP contribution in [0.2, 0.25) is 0 Å². The molecule has 0 saturated carbocycles. The Labute approximate surface area is 115 Å². The second-order valence-electron chi connectivity index (χ2n) is 4.41. The zero-order chi connectivity index (χ0) is 13.9. The van der Waals surface area contributed by atoms with Crippen LogP contribution >= 0.6 is 0 Å². The maximum atomic E-state index is 13.2. The molecule has 4 heteroatoms. The fraction of sp³-hybridized carbons (Fsp3) is 0.0625. The van der Waals surface area contributed by atoms with Gasteiger partial charge in [0, 0.05) is 11.1 Å². The second-order valence-corrected chi connectivity index (χ2v) is 4.41. The third-order valence-electron chi connectivity index (χ3n) is 3.03. The summed E-state index contributed by atoms with van der Waals surface area (Å²) in [5, 5.41) is 12.9. The van der Waals surface area contributed by atoms with Crippen molar-refractivity contribution >= 4 is 16.7 Å². The van der Waals surface area contributed by atoms with Crippen LogP contribution in [0.4, 0.5) is 10.1 Å². The van der Waals surface area contributed by atoms with E-state index < -0.39 is 5.82 Å². The molecule has 0 bridgehead atoms. The van der Waals surface area contributed by atoms with Crippen LogP contribution in [0, 0.1) is 17.1 Å². The van der Waals surface area contributed by atoms with Crippen molar-refractivity contribution in [2.24, 2.45) is 0 Å². The molecule has 0 unspecified atom stereocenters. The van der Waals surface area contributed by atoms with Crippen molar-refractivity contribution in [3.05, 3.63) is 65.7 Å². The monoisotopic (exact) mass is 266 g/mol. The van der Waals surface area contributed by atoms with Crippen molar-refractivity contribution in [1.82, 2.24) is 0 Å². The molecule has 20 heavy (non-hydrogen) atoms. The summed E-state index contributed by atoms with van der Waals surface area (Å²) in [4.78, 5) is 0. The molecule has 1 N–H and O–H groups in total. The summed E-state index contributed by atoms with van der Waals surface area (Å²) in [6.45, 7) is 0.477. The first kappa shape index (κ1) is 12.2. The maximum Gasteiger partial charge on any atom is 0.141 e. The first-order valence-electron chi connectivity index (χ1n) is 6.17. The van der Waals surface area contributed by atoms with Crippen molar-refractivity contribution in [3.8, 4) is 6.07 Å². The lowest BCUT2D eigenvalue weighted by atomic mass is 10.2. The number of anilines is 1. The van der Waals surface area contributed by atoms with Gasteiger partial charge in [0.2, 0.25) is 0 Å². The minimum absolute atomic E-state index is 0.0274. The fourth-order valence-electron chi connectivity index (χ4n) is 2.03. The van der Waals surface area contributed by atoms with Gasteiger partial charge in [0.25, 0.3) is 0 Å². The Morgan fingerprint density at radius 3 is 2.80 bits per heavy atom. The molecule has 98 valence electrons. The van der Waals surface area contributed by atoms with E-state index in [1.165, 1.54) is 12.1 Å². The van der Waals surface area contributed by atoms with Crippen molar-refractivity contribution in [2.75, 3.05) is 5.32 Å². The van der Waals surface area contributed by atoms with Crippen LogP contribution in [0.1, 0.15) is 11.3 Å². The summed E-state index contributed by atoms with van der Waals surface area (Å²) in [7, 11) is 0. The quantitative estimate of drug-likeness (QED) is 0.777. The third kappa shape index (κ3) is 2.34. The van der Waals surface area contributed by atoms with Gasteiger partial charge in [-0.2, -0.15) is 5.26 Å². The largest absolute Gasteiger partial charge is 0.459 e. The number of nitrogens with one attached hydrogen (secondary N) is 1. The summed E-state index contributed by atoms with van der Waals surface area (Å²) in [5.41, 5.74) is 1.55. The number of nitriles is 1. The molecule has 1 aromatic heterocycles. The first-order chi connectivity index (χ1) is 9.76. The van der Waals surface area contributed by atoms with Crippen LogP contribution in [-0.4, -0.2) is 0 Å². The zero-order valence-electron chi connectivity index (χ0n) is 10.6. The Hall–Kier alpha value is -2.80. The lowest BCUT2D eigenvalue weighted by Crippen LogP contribution is -1.99. The van der Waals surface area contributed by atoms with Crippen LogP contribution in [0.15, 0.2) is 52.9 Å². The Bertz CT molecular complexity index is 769. The van der Waals surface area contributed by atoms with Gasteiger partial charge in [-0.25, -0.2) is 4.39 Å². The molecular weight excluding hydrogens is 255 g/mol. The number of furan rings is 1. The van der Waals surface area contributed by atoms with Gasteiger partial charge in [-0.1, -0.05) is 18.2 Å². The molecule has 3 nitrogen and oxygen atoms in total. The molecule has 0 amide bonds. The molecule has 3 rings (SSSR count). The number of fused-ring (bicyclic) bond motifs is 1. The second kappa shape index (κ2) is 5.06. The summed E-state index contributed by atoms with van der Waals surface area (Å²) in [6, 6.07) is 15.9. The van der Waals surface area contributed by atoms with E-state index in [0.29, 0.717) is 12.2 Å². The standard InChI is InChI=1S/C16H11FN2O/c17-15-6-5-13(7-12(15)9-18)19-10-14-8-11-3-1-2-4-16(11)20-14/h1-8,19H,10H2. The number of rotatable bonds is 3. The van der Waals surface area contributed by atoms with E-state index in [2.05, 4.69) is 5.32 Å². The minimum atomic E-state index is -0.512. The van der Waals surface area contributed by atoms with E-state index in [1.54, 1.807) is 6.07 Å². The van der Waals surface area contributed by atoms with E-state index in [4.69, 9.17) is 9.68 Å². The molecular formula is C16H11FN2O. The van der Waals surface area contributed by atoms with Crippen LogP contribution in [-0.2, 0) is 6.54 Å². The van der Waals surface area contributed by atoms with Gasteiger partial charge in [-0.05, 0) is 30.3 Å². The van der Waals surface area contributed by atoms with Crippen molar-refractivity contribution in [3.63, 3.8) is 0 Å². The number of nitrogens with zero attached hydrogens (tertiary/aromatic N) is 1. The van der Waals surface area contributed by atoms with Crippen LogP contribution in [0.5, 0.6) is 0 Å². The summed E-state index contributed by atoms with van der Waals surface area (Å²) in [6.07, 6.45) is 0. The van der Waals surface area contributed by atoms with Gasteiger partial charge in [-0.3, -0.25) is 0 Å². The Morgan fingerprint density at radius 1 is 1.15 bits per heavy atom. The van der Waals surface area contributed by atoms with Gasteiger partial charge in [0.15, 0.2) is 0 Å². The van der Waals surface area contributed by atoms with Crippen molar-refractivity contribution in [2.45, 2.75) is 6.54 Å². The van der Waals surface area contributed by atoms with Gasteiger partial charge < -0.3 is 9.73 Å². The fourth-order valence-corrected chi connectivity index (χ4v) is 2.03. The normalized spacial score (nSPS) is 10.4. The molecule has 1 heterocycles. The Morgan fingerprint density at radius 2 is 2.00 bits per heavy atom. The highest BCUT2D eigenvalue weighted by molar-refractivity contribution is 5.77. The molecule has 3 aromatic rings. The highest BCUT2D eigenvalue weighted by atomic mass is 19.1. The minimum Gasteiger partial charge on any atom is -0.459 e. The number of hydrogen-bond donors (Lipinski definition) is 1. The summed E-state index contributed by atoms with van der Waals surface area (Å²) >= 11 is 0. The highest BCUT2D eigenvalue weighted by Gasteiger charge is 2.05. The van der Waals surface area contributed by atoms with E-state index in [1.807, 2.05) is 36.4 Å². The Kier molecular flexibility index (Phi) is 3.10. The van der Waals surface area contributed by atoms with Gasteiger partial charge in [-0.15, -0.1) is 0 Å². The van der Waals surface area contributed by atoms with E-state index >= 15 is 0 Å². The lowest BCUT2D eigenvalue weighted by molar-refractivity contribution is 0.559. The number of para-hydroxylation sites is 1. The lowest BCUT2D eigenvalue weighted by Gasteiger charge is -2.04. The molecule has 0 saturated heterocycles. The Balaban J connectivity index is 1.77. The van der Waals surface area contributed by atoms with Crippen molar-refractivity contribution in [1.29, 1.82) is 5.26 Å². The summed E-state index contributed by atoms with van der Waals surface area (Å²) in [5.74, 6) is 0.274. The molecule has 0 aliphatic heterocycles. The maximum absolute atomic E-state index is 13.2. The topological polar surface area (TPSA) is 49.0 Å². The number of hydrogen-bond acceptors (Lipinski definition) is 3. The summed E-state index contributed by atoms with van der Waals surface area (Å²) < 4.78 is 18.9. The van der Waals surface area contributed by atoms with E-state index in [-0.39, 0.29) is 5.56 Å². The predicted octanol–water partition coefficient (Wildman–Crippen LogP) is 4.06. The predicted molar refractivity (Wildman–Crippen MR) is 74.7 cm³/mol. The van der Waals surface area contributed by atoms with Gasteiger partial charge >= 0.3 is 0 Å². The molecule has 0 radical (unpaired) electrons. The van der Waals surface area contributed by atoms with Crippen molar-refractivity contribution < 1.29 is 8.81 Å². The zero-order valence-corrected chi connectivity index (χ0v) is 10.6. The van der Waals surface area contributed by atoms with Crippen LogP contribution < -0.4 is 5.32 Å². The van der Waals surface area contributed by atoms with Gasteiger partial charge in [0.05, 0.1) is 12.1 Å². The molecule has 0 aliphatic carbocycles. The molecule has 0 atom stereocenters. The van der Waals surface area contributed by atoms with E-state index in [9.17, 15) is 4.39 Å². The highest BCUT2D eigenvalue weighted by Crippen LogP contribution is 2.20. The van der Waals surface area contributed by atoms with Gasteiger partial charge in [0.1, 0.15) is 23.2 Å². The smallest absolute Gasteiger partial charge is 0.141 e. The molecule has 0 fully saturated rings. The van der Waals surface area contributed by atoms with Crippen LogP contribution in [0.3, 0.4) is 0 Å². The number of halogens is 1. The average molecular weight is 266 g/mol. The number of benzene rings is 2. The first-order valence-corrected chi connectivity index (χ1v) is 6.17. The SMILES string of the molecule is N#Cc1cc(NCc2cc3ccccc3o2)ccc1F. The van der Waals surface area contributed by atoms with Crippen LogP contribution in [0.25, 0.3) is 11.0 Å². The molecule has 0 spiro atoms. The molecule has 2 aromatic carbocycles. The molecule has 0 aliphatic rings. The van der Waals surface area contributed by atoms with E-state index in [0.717, 1.165) is 16.7 Å². The third-order valence-corrected chi connectivity index (χ3v) is 3.03.